The largest absolute Gasteiger partial charge is 0.465 e. The van der Waals surface area contributed by atoms with Gasteiger partial charge in [-0.15, -0.1) is 11.8 Å². The van der Waals surface area contributed by atoms with Crippen molar-refractivity contribution in [3.05, 3.63) is 35.4 Å². The van der Waals surface area contributed by atoms with Crippen LogP contribution in [0.25, 0.3) is 0 Å². The minimum Gasteiger partial charge on any atom is -0.465 e. The molecule has 2 aliphatic rings. The number of piperidine rings is 1. The van der Waals surface area contributed by atoms with Crippen LogP contribution in [0.4, 0.5) is 0 Å². The maximum atomic E-state index is 12.7. The zero-order valence-electron chi connectivity index (χ0n) is 13.9. The van der Waals surface area contributed by atoms with Crippen molar-refractivity contribution >= 4 is 23.5 Å². The fraction of sp³-hybridized carbons (Fsp3) is 0.556. The summed E-state index contributed by atoms with van der Waals surface area (Å²) in [5, 5.41) is 3.35. The maximum absolute atomic E-state index is 12.7. The summed E-state index contributed by atoms with van der Waals surface area (Å²) in [6, 6.07) is 8.03. The standard InChI is InChI=1S/C18H23NO4S/c1-2-22-16(21)12-24-11-15(20)17-13-5-3-4-6-14(13)18(23-17)7-9-19-10-8-18/h3-6,17,19H,2,7-12H2,1H3. The van der Waals surface area contributed by atoms with Gasteiger partial charge in [0.25, 0.3) is 0 Å². The van der Waals surface area contributed by atoms with Gasteiger partial charge < -0.3 is 14.8 Å². The Morgan fingerprint density at radius 3 is 2.79 bits per heavy atom. The molecule has 0 amide bonds. The van der Waals surface area contributed by atoms with E-state index in [2.05, 4.69) is 11.4 Å². The van der Waals surface area contributed by atoms with E-state index in [1.54, 1.807) is 6.92 Å². The number of nitrogens with one attached hydrogen (secondary N) is 1. The number of rotatable bonds is 6. The van der Waals surface area contributed by atoms with Gasteiger partial charge >= 0.3 is 5.97 Å². The fourth-order valence-corrected chi connectivity index (χ4v) is 4.17. The van der Waals surface area contributed by atoms with E-state index in [9.17, 15) is 9.59 Å². The van der Waals surface area contributed by atoms with Gasteiger partial charge in [0.05, 0.1) is 23.7 Å². The molecule has 5 nitrogen and oxygen atoms in total. The van der Waals surface area contributed by atoms with Gasteiger partial charge in [-0.1, -0.05) is 24.3 Å². The first-order valence-corrected chi connectivity index (χ1v) is 9.56. The molecular weight excluding hydrogens is 326 g/mol. The average molecular weight is 349 g/mol. The molecule has 1 fully saturated rings. The number of ether oxygens (including phenoxy) is 2. The van der Waals surface area contributed by atoms with Crippen LogP contribution in [0.15, 0.2) is 24.3 Å². The van der Waals surface area contributed by atoms with Crippen LogP contribution in [0.5, 0.6) is 0 Å². The quantitative estimate of drug-likeness (QED) is 0.795. The number of hydrogen-bond acceptors (Lipinski definition) is 6. The molecule has 1 saturated heterocycles. The zero-order chi connectivity index (χ0) is 17.0. The van der Waals surface area contributed by atoms with Crippen molar-refractivity contribution in [2.24, 2.45) is 0 Å². The summed E-state index contributed by atoms with van der Waals surface area (Å²) in [6.45, 7) is 3.93. The third kappa shape index (κ3) is 3.50. The van der Waals surface area contributed by atoms with Crippen LogP contribution in [-0.2, 0) is 24.7 Å². The van der Waals surface area contributed by atoms with E-state index in [1.807, 2.05) is 18.2 Å². The highest BCUT2D eigenvalue weighted by Crippen LogP contribution is 2.48. The Hall–Kier alpha value is -1.37. The van der Waals surface area contributed by atoms with Gasteiger partial charge in [-0.25, -0.2) is 0 Å². The first-order valence-electron chi connectivity index (χ1n) is 8.40. The first kappa shape index (κ1) is 17.5. The van der Waals surface area contributed by atoms with Crippen LogP contribution in [-0.4, -0.2) is 43.0 Å². The van der Waals surface area contributed by atoms with Gasteiger partial charge in [0.15, 0.2) is 5.78 Å². The van der Waals surface area contributed by atoms with Crippen molar-refractivity contribution in [2.45, 2.75) is 31.5 Å². The molecule has 130 valence electrons. The van der Waals surface area contributed by atoms with Crippen molar-refractivity contribution in [3.63, 3.8) is 0 Å². The molecule has 6 heteroatoms. The molecule has 1 N–H and O–H groups in total. The van der Waals surface area contributed by atoms with Gasteiger partial charge in [0.2, 0.25) is 0 Å². The zero-order valence-corrected chi connectivity index (χ0v) is 14.7. The summed E-state index contributed by atoms with van der Waals surface area (Å²) in [5.74, 6) is 0.194. The maximum Gasteiger partial charge on any atom is 0.315 e. The minimum atomic E-state index is -0.519. The topological polar surface area (TPSA) is 64.6 Å². The summed E-state index contributed by atoms with van der Waals surface area (Å²) >= 11 is 1.29. The predicted molar refractivity (Wildman–Crippen MR) is 93.0 cm³/mol. The smallest absolute Gasteiger partial charge is 0.315 e. The average Bonchev–Trinajstić information content (AvgIpc) is 2.90. The molecule has 1 aromatic carbocycles. The van der Waals surface area contributed by atoms with Crippen LogP contribution in [0.1, 0.15) is 37.0 Å². The molecule has 2 heterocycles. The van der Waals surface area contributed by atoms with E-state index in [0.29, 0.717) is 6.61 Å². The van der Waals surface area contributed by atoms with Crippen molar-refractivity contribution < 1.29 is 19.1 Å². The third-order valence-corrected chi connectivity index (χ3v) is 5.48. The molecule has 0 radical (unpaired) electrons. The van der Waals surface area contributed by atoms with Gasteiger partial charge in [0, 0.05) is 0 Å². The molecule has 1 atom stereocenters. The summed E-state index contributed by atoms with van der Waals surface area (Å²) in [7, 11) is 0. The lowest BCUT2D eigenvalue weighted by molar-refractivity contribution is -0.142. The van der Waals surface area contributed by atoms with Crippen molar-refractivity contribution in [1.29, 1.82) is 0 Å². The molecule has 1 spiro atoms. The van der Waals surface area contributed by atoms with Gasteiger partial charge in [-0.3, -0.25) is 9.59 Å². The Bertz CT molecular complexity index is 613. The molecule has 0 aromatic heterocycles. The second-order valence-corrected chi connectivity index (χ2v) is 7.08. The molecule has 1 unspecified atom stereocenters. The molecule has 24 heavy (non-hydrogen) atoms. The predicted octanol–water partition coefficient (Wildman–Crippen LogP) is 2.20. The van der Waals surface area contributed by atoms with Gasteiger partial charge in [0.1, 0.15) is 6.10 Å². The Labute approximate surface area is 146 Å². The molecule has 0 saturated carbocycles. The minimum absolute atomic E-state index is 0.0205. The summed E-state index contributed by atoms with van der Waals surface area (Å²) < 4.78 is 11.2. The lowest BCUT2D eigenvalue weighted by atomic mass is 9.84. The van der Waals surface area contributed by atoms with E-state index in [4.69, 9.17) is 9.47 Å². The number of carbonyl (C=O) groups is 2. The van der Waals surface area contributed by atoms with Crippen LogP contribution < -0.4 is 5.32 Å². The van der Waals surface area contributed by atoms with Crippen LogP contribution >= 0.6 is 11.8 Å². The second kappa shape index (κ2) is 7.68. The van der Waals surface area contributed by atoms with E-state index in [1.165, 1.54) is 11.8 Å². The van der Waals surface area contributed by atoms with Crippen molar-refractivity contribution in [2.75, 3.05) is 31.2 Å². The SMILES string of the molecule is CCOC(=O)CSCC(=O)C1OC2(CCNCC2)c2ccccc21. The normalized spacial score (nSPS) is 21.5. The van der Waals surface area contributed by atoms with Crippen LogP contribution in [0, 0.1) is 0 Å². The number of ketones is 1. The number of carbonyl (C=O) groups excluding carboxylic acids is 2. The second-order valence-electron chi connectivity index (χ2n) is 6.09. The molecule has 2 aliphatic heterocycles. The molecule has 0 bridgehead atoms. The number of fused-ring (bicyclic) bond motifs is 2. The number of benzene rings is 1. The summed E-state index contributed by atoms with van der Waals surface area (Å²) in [6.07, 6.45) is 1.24. The van der Waals surface area contributed by atoms with E-state index < -0.39 is 6.10 Å². The number of thioether (sulfide) groups is 1. The summed E-state index contributed by atoms with van der Waals surface area (Å²) in [4.78, 5) is 24.1. The third-order valence-electron chi connectivity index (χ3n) is 4.55. The van der Waals surface area contributed by atoms with E-state index >= 15 is 0 Å². The first-order chi connectivity index (χ1) is 11.7. The van der Waals surface area contributed by atoms with Crippen molar-refractivity contribution in [3.8, 4) is 0 Å². The Kier molecular flexibility index (Phi) is 5.58. The highest BCUT2D eigenvalue weighted by atomic mass is 32.2. The summed E-state index contributed by atoms with van der Waals surface area (Å²) in [5.41, 5.74) is 1.80. The highest BCUT2D eigenvalue weighted by molar-refractivity contribution is 8.00. The Morgan fingerprint density at radius 2 is 2.04 bits per heavy atom. The van der Waals surface area contributed by atoms with Crippen molar-refractivity contribution in [1.82, 2.24) is 5.32 Å². The molecular formula is C18H23NO4S. The fourth-order valence-electron chi connectivity index (χ4n) is 3.46. The monoisotopic (exact) mass is 349 g/mol. The van der Waals surface area contributed by atoms with Crippen LogP contribution in [0.2, 0.25) is 0 Å². The van der Waals surface area contributed by atoms with Gasteiger partial charge in [-0.05, 0) is 44.0 Å². The Balaban J connectivity index is 1.68. The van der Waals surface area contributed by atoms with E-state index in [0.717, 1.165) is 37.1 Å². The number of hydrogen-bond donors (Lipinski definition) is 1. The van der Waals surface area contributed by atoms with E-state index in [-0.39, 0.29) is 28.9 Å². The van der Waals surface area contributed by atoms with Crippen LogP contribution in [0.3, 0.4) is 0 Å². The number of esters is 1. The lowest BCUT2D eigenvalue weighted by Crippen LogP contribution is -2.40. The lowest BCUT2D eigenvalue weighted by Gasteiger charge is -2.34. The highest BCUT2D eigenvalue weighted by Gasteiger charge is 2.47. The number of Topliss-reactive ketones (excluding diaryl/α,β-unsaturated/α-hetero) is 1. The van der Waals surface area contributed by atoms with Gasteiger partial charge in [-0.2, -0.15) is 0 Å². The molecule has 1 aromatic rings. The molecule has 0 aliphatic carbocycles. The Morgan fingerprint density at radius 1 is 1.29 bits per heavy atom. The molecule has 3 rings (SSSR count).